The summed E-state index contributed by atoms with van der Waals surface area (Å²) in [4.78, 5) is 4.17. The highest BCUT2D eigenvalue weighted by Crippen LogP contribution is 2.09. The molecule has 0 bridgehead atoms. The first-order valence-corrected chi connectivity index (χ1v) is 4.80. The predicted octanol–water partition coefficient (Wildman–Crippen LogP) is 0.165. The normalized spacial score (nSPS) is 12.9. The largest absolute Gasteiger partial charge is 0.396 e. The zero-order valence-electron chi connectivity index (χ0n) is 8.46. The molecule has 80 valence electrons. The molecule has 15 heavy (non-hydrogen) atoms. The van der Waals surface area contributed by atoms with Gasteiger partial charge in [-0.15, -0.1) is 10.2 Å². The highest BCUT2D eigenvalue weighted by Gasteiger charge is 2.05. The highest BCUT2D eigenvalue weighted by atomic mass is 16.3. The van der Waals surface area contributed by atoms with Crippen molar-refractivity contribution in [3.63, 3.8) is 0 Å². The standard InChI is InChI=1S/C9H13N5O/c1-7(5-15)4-11-8-9-13-12-6-14(9)3-2-10-8/h2-3,6-7,15H,4-5H2,1H3,(H,10,11). The van der Waals surface area contributed by atoms with Gasteiger partial charge in [-0.25, -0.2) is 4.98 Å². The van der Waals surface area contributed by atoms with Gasteiger partial charge in [0.1, 0.15) is 6.33 Å². The van der Waals surface area contributed by atoms with E-state index in [4.69, 9.17) is 5.11 Å². The Hall–Kier alpha value is -1.69. The van der Waals surface area contributed by atoms with Crippen LogP contribution in [0.1, 0.15) is 6.92 Å². The monoisotopic (exact) mass is 207 g/mol. The van der Waals surface area contributed by atoms with E-state index >= 15 is 0 Å². The van der Waals surface area contributed by atoms with Crippen LogP contribution >= 0.6 is 0 Å². The summed E-state index contributed by atoms with van der Waals surface area (Å²) in [6.45, 7) is 2.77. The number of hydrogen-bond donors (Lipinski definition) is 2. The molecule has 2 aromatic heterocycles. The second-order valence-electron chi connectivity index (χ2n) is 3.51. The maximum Gasteiger partial charge on any atom is 0.203 e. The fraction of sp³-hybridized carbons (Fsp3) is 0.444. The van der Waals surface area contributed by atoms with Crippen LogP contribution in [0.15, 0.2) is 18.7 Å². The number of rotatable bonds is 4. The van der Waals surface area contributed by atoms with Crippen molar-refractivity contribution in [2.75, 3.05) is 18.5 Å². The van der Waals surface area contributed by atoms with Crippen LogP contribution in [0.4, 0.5) is 5.82 Å². The lowest BCUT2D eigenvalue weighted by Crippen LogP contribution is -2.15. The number of aromatic nitrogens is 4. The van der Waals surface area contributed by atoms with E-state index in [2.05, 4.69) is 20.5 Å². The molecule has 0 aromatic carbocycles. The van der Waals surface area contributed by atoms with E-state index in [0.29, 0.717) is 18.0 Å². The lowest BCUT2D eigenvalue weighted by molar-refractivity contribution is 0.244. The van der Waals surface area contributed by atoms with Gasteiger partial charge in [0, 0.05) is 25.5 Å². The number of nitrogens with one attached hydrogen (secondary N) is 1. The van der Waals surface area contributed by atoms with Gasteiger partial charge in [-0.05, 0) is 5.92 Å². The Morgan fingerprint density at radius 2 is 2.47 bits per heavy atom. The van der Waals surface area contributed by atoms with E-state index < -0.39 is 0 Å². The zero-order chi connectivity index (χ0) is 10.7. The second kappa shape index (κ2) is 4.22. The summed E-state index contributed by atoms with van der Waals surface area (Å²) in [5.74, 6) is 0.880. The third kappa shape index (κ3) is 2.04. The average Bonchev–Trinajstić information content (AvgIpc) is 2.74. The van der Waals surface area contributed by atoms with Gasteiger partial charge < -0.3 is 10.4 Å². The molecule has 6 nitrogen and oxygen atoms in total. The topological polar surface area (TPSA) is 75.3 Å². The zero-order valence-corrected chi connectivity index (χ0v) is 8.46. The molecule has 0 saturated heterocycles. The molecular weight excluding hydrogens is 194 g/mol. The van der Waals surface area contributed by atoms with Crippen molar-refractivity contribution in [3.8, 4) is 0 Å². The number of aliphatic hydroxyl groups excluding tert-OH is 1. The van der Waals surface area contributed by atoms with Crippen LogP contribution < -0.4 is 5.32 Å². The fourth-order valence-electron chi connectivity index (χ4n) is 1.22. The SMILES string of the molecule is CC(CO)CNc1nccn2cnnc12. The fourth-order valence-corrected chi connectivity index (χ4v) is 1.22. The summed E-state index contributed by atoms with van der Waals surface area (Å²) >= 11 is 0. The molecule has 6 heteroatoms. The molecule has 0 saturated carbocycles. The summed E-state index contributed by atoms with van der Waals surface area (Å²) in [6.07, 6.45) is 5.09. The summed E-state index contributed by atoms with van der Waals surface area (Å²) in [6, 6.07) is 0. The van der Waals surface area contributed by atoms with Crippen LogP contribution in [0, 0.1) is 5.92 Å². The van der Waals surface area contributed by atoms with Crippen LogP contribution in [0.3, 0.4) is 0 Å². The Morgan fingerprint density at radius 3 is 3.27 bits per heavy atom. The Morgan fingerprint density at radius 1 is 1.60 bits per heavy atom. The van der Waals surface area contributed by atoms with Gasteiger partial charge in [0.2, 0.25) is 5.65 Å². The average molecular weight is 207 g/mol. The van der Waals surface area contributed by atoms with Gasteiger partial charge in [0.15, 0.2) is 5.82 Å². The number of aliphatic hydroxyl groups is 1. The number of hydrogen-bond acceptors (Lipinski definition) is 5. The molecule has 1 atom stereocenters. The smallest absolute Gasteiger partial charge is 0.203 e. The molecule has 2 aromatic rings. The summed E-state index contributed by atoms with van der Waals surface area (Å²) < 4.78 is 1.79. The van der Waals surface area contributed by atoms with Crippen LogP contribution in [-0.2, 0) is 0 Å². The Bertz CT molecular complexity index is 441. The van der Waals surface area contributed by atoms with Crippen LogP contribution in [-0.4, -0.2) is 37.8 Å². The first-order chi connectivity index (χ1) is 7.31. The van der Waals surface area contributed by atoms with E-state index in [-0.39, 0.29) is 12.5 Å². The molecule has 0 radical (unpaired) electrons. The predicted molar refractivity (Wildman–Crippen MR) is 55.5 cm³/mol. The molecular formula is C9H13N5O. The molecule has 0 fully saturated rings. The molecule has 0 aliphatic rings. The minimum atomic E-state index is 0.156. The molecule has 2 N–H and O–H groups in total. The third-order valence-electron chi connectivity index (χ3n) is 2.15. The lowest BCUT2D eigenvalue weighted by atomic mass is 10.2. The molecule has 1 unspecified atom stereocenters. The maximum atomic E-state index is 8.89. The van der Waals surface area contributed by atoms with Crippen molar-refractivity contribution < 1.29 is 5.11 Å². The van der Waals surface area contributed by atoms with E-state index in [1.165, 1.54) is 0 Å². The molecule has 2 rings (SSSR count). The Labute approximate surface area is 87.0 Å². The first-order valence-electron chi connectivity index (χ1n) is 4.80. The van der Waals surface area contributed by atoms with Crippen LogP contribution in [0.2, 0.25) is 0 Å². The highest BCUT2D eigenvalue weighted by molar-refractivity contribution is 5.61. The van der Waals surface area contributed by atoms with Crippen molar-refractivity contribution in [2.24, 2.45) is 5.92 Å². The molecule has 0 amide bonds. The molecule has 0 aliphatic heterocycles. The minimum absolute atomic E-state index is 0.156. The molecule has 2 heterocycles. The van der Waals surface area contributed by atoms with E-state index in [1.807, 2.05) is 6.92 Å². The van der Waals surface area contributed by atoms with Crippen LogP contribution in [0.25, 0.3) is 5.65 Å². The second-order valence-corrected chi connectivity index (χ2v) is 3.51. The van der Waals surface area contributed by atoms with Crippen molar-refractivity contribution in [3.05, 3.63) is 18.7 Å². The molecule has 0 spiro atoms. The van der Waals surface area contributed by atoms with Gasteiger partial charge in [0.05, 0.1) is 0 Å². The van der Waals surface area contributed by atoms with Gasteiger partial charge in [-0.2, -0.15) is 0 Å². The first kappa shape index (κ1) is 9.85. The van der Waals surface area contributed by atoms with E-state index in [1.54, 1.807) is 23.1 Å². The Balaban J connectivity index is 2.17. The summed E-state index contributed by atoms with van der Waals surface area (Å²) in [5, 5.41) is 19.8. The van der Waals surface area contributed by atoms with E-state index in [0.717, 1.165) is 0 Å². The third-order valence-corrected chi connectivity index (χ3v) is 2.15. The number of nitrogens with zero attached hydrogens (tertiary/aromatic N) is 4. The summed E-state index contributed by atoms with van der Waals surface area (Å²) in [7, 11) is 0. The van der Waals surface area contributed by atoms with Crippen molar-refractivity contribution in [2.45, 2.75) is 6.92 Å². The Kier molecular flexibility index (Phi) is 2.77. The maximum absolute atomic E-state index is 8.89. The van der Waals surface area contributed by atoms with Gasteiger partial charge in [0.25, 0.3) is 0 Å². The van der Waals surface area contributed by atoms with Crippen molar-refractivity contribution >= 4 is 11.5 Å². The van der Waals surface area contributed by atoms with Gasteiger partial charge in [-0.1, -0.05) is 6.92 Å². The van der Waals surface area contributed by atoms with Gasteiger partial charge >= 0.3 is 0 Å². The lowest BCUT2D eigenvalue weighted by Gasteiger charge is -2.09. The molecule has 0 aliphatic carbocycles. The number of fused-ring (bicyclic) bond motifs is 1. The van der Waals surface area contributed by atoms with Crippen molar-refractivity contribution in [1.29, 1.82) is 0 Å². The van der Waals surface area contributed by atoms with Gasteiger partial charge in [-0.3, -0.25) is 4.40 Å². The minimum Gasteiger partial charge on any atom is -0.396 e. The van der Waals surface area contributed by atoms with E-state index in [9.17, 15) is 0 Å². The summed E-state index contributed by atoms with van der Waals surface area (Å²) in [5.41, 5.74) is 0.697. The van der Waals surface area contributed by atoms with Crippen LogP contribution in [0.5, 0.6) is 0 Å². The number of anilines is 1. The van der Waals surface area contributed by atoms with Crippen molar-refractivity contribution in [1.82, 2.24) is 19.6 Å². The quantitative estimate of drug-likeness (QED) is 0.747.